The molecule has 0 heterocycles. The molecular formula is CH2BNO2. The Labute approximate surface area is 30.7 Å². The largest absolute Gasteiger partial charge is 0.558 e. The van der Waals surface area contributed by atoms with E-state index in [2.05, 4.69) is 17.9 Å². The fourth-order valence-electron chi connectivity index (χ4n) is 0.0272. The second-order valence-electron chi connectivity index (χ2n) is 0.357. The summed E-state index contributed by atoms with van der Waals surface area (Å²) in [4.78, 5) is 0. The van der Waals surface area contributed by atoms with E-state index in [4.69, 9.17) is 5.21 Å². The molecule has 0 aromatic heterocycles. The topological polar surface area (TPSA) is 41.8 Å². The first-order chi connectivity index (χ1) is 2.41. The molecule has 0 amide bonds. The van der Waals surface area contributed by atoms with E-state index >= 15 is 0 Å². The fraction of sp³-hybridized carbons (Fsp3) is 0. The number of nitrogens with zero attached hydrogens (tertiary/aromatic N) is 1. The molecule has 26 valence electrons. The van der Waals surface area contributed by atoms with Crippen molar-refractivity contribution in [2.24, 2.45) is 5.16 Å². The van der Waals surface area contributed by atoms with E-state index in [1.54, 1.807) is 0 Å². The van der Waals surface area contributed by atoms with Crippen LogP contribution in [0.3, 0.4) is 0 Å². The molecule has 0 aliphatic heterocycles. The molecule has 0 saturated carbocycles. The lowest BCUT2D eigenvalue weighted by Gasteiger charge is -1.74. The van der Waals surface area contributed by atoms with Gasteiger partial charge in [0.25, 0.3) is 0 Å². The van der Waals surface area contributed by atoms with Crippen molar-refractivity contribution in [1.29, 1.82) is 0 Å². The molecule has 0 atom stereocenters. The van der Waals surface area contributed by atoms with Crippen LogP contribution < -0.4 is 0 Å². The molecular weight excluding hydrogens is 68.8 g/mol. The van der Waals surface area contributed by atoms with Gasteiger partial charge in [0, 0.05) is 0 Å². The highest BCUT2D eigenvalue weighted by molar-refractivity contribution is 6.02. The van der Waals surface area contributed by atoms with Crippen LogP contribution >= 0.6 is 0 Å². The van der Waals surface area contributed by atoms with Crippen molar-refractivity contribution < 1.29 is 9.86 Å². The van der Waals surface area contributed by atoms with Gasteiger partial charge < -0.3 is 9.86 Å². The third-order valence-corrected chi connectivity index (χ3v) is 0.108. The lowest BCUT2D eigenvalue weighted by Crippen LogP contribution is -1.74. The molecule has 5 heavy (non-hydrogen) atoms. The molecule has 4 heteroatoms. The second-order valence-corrected chi connectivity index (χ2v) is 0.357. The molecule has 0 bridgehead atoms. The van der Waals surface area contributed by atoms with Gasteiger partial charge in [0.05, 0.1) is 0 Å². The maximum absolute atomic E-state index is 7.43. The highest BCUT2D eigenvalue weighted by Gasteiger charge is 1.51. The second kappa shape index (κ2) is 3.33. The van der Waals surface area contributed by atoms with Gasteiger partial charge in [-0.2, -0.15) is 0 Å². The fourth-order valence-corrected chi connectivity index (χ4v) is 0.0272. The molecule has 0 unspecified atom stereocenters. The Balaban J connectivity index is 2.62. The van der Waals surface area contributed by atoms with E-state index < -0.39 is 0 Å². The van der Waals surface area contributed by atoms with Crippen molar-refractivity contribution >= 4 is 14.4 Å². The number of hydrogen-bond donors (Lipinski definition) is 1. The maximum Gasteiger partial charge on any atom is 0.375 e. The van der Waals surface area contributed by atoms with Crippen LogP contribution in [0.25, 0.3) is 0 Å². The van der Waals surface area contributed by atoms with Gasteiger partial charge in [0.15, 0.2) is 6.40 Å². The summed E-state index contributed by atoms with van der Waals surface area (Å²) in [7, 11) is 4.33. The van der Waals surface area contributed by atoms with Crippen molar-refractivity contribution in [1.82, 2.24) is 0 Å². The van der Waals surface area contributed by atoms with Crippen LogP contribution in [0.1, 0.15) is 0 Å². The molecule has 3 nitrogen and oxygen atoms in total. The minimum absolute atomic E-state index is 0.708. The zero-order valence-corrected chi connectivity index (χ0v) is 2.46. The van der Waals surface area contributed by atoms with Gasteiger partial charge >= 0.3 is 8.05 Å². The minimum Gasteiger partial charge on any atom is -0.558 e. The Morgan fingerprint density at radius 2 is 2.60 bits per heavy atom. The van der Waals surface area contributed by atoms with Crippen LogP contribution in [0.4, 0.5) is 0 Å². The average Bonchev–Trinajstić information content (AvgIpc) is 1.41. The van der Waals surface area contributed by atoms with E-state index in [-0.39, 0.29) is 0 Å². The normalized spacial score (nSPS) is 8.80. The highest BCUT2D eigenvalue weighted by atomic mass is 16.5. The highest BCUT2D eigenvalue weighted by Crippen LogP contribution is 1.46. The molecule has 1 N–H and O–H groups in total. The molecule has 0 rings (SSSR count). The SMILES string of the molecule is [B]OC=NO. The van der Waals surface area contributed by atoms with Crippen LogP contribution in [-0.4, -0.2) is 19.7 Å². The molecule has 0 aliphatic rings. The van der Waals surface area contributed by atoms with Crippen molar-refractivity contribution in [3.05, 3.63) is 0 Å². The molecule has 0 spiro atoms. The first kappa shape index (κ1) is 4.33. The third-order valence-electron chi connectivity index (χ3n) is 0.108. The lowest BCUT2D eigenvalue weighted by atomic mass is 10.6. The quantitative estimate of drug-likeness (QED) is 0.149. The summed E-state index contributed by atoms with van der Waals surface area (Å²) >= 11 is 0. The van der Waals surface area contributed by atoms with Crippen molar-refractivity contribution in [3.8, 4) is 0 Å². The van der Waals surface area contributed by atoms with Crippen LogP contribution in [-0.2, 0) is 4.65 Å². The van der Waals surface area contributed by atoms with E-state index in [1.807, 2.05) is 0 Å². The summed E-state index contributed by atoms with van der Waals surface area (Å²) in [6.07, 6.45) is 0.708. The minimum atomic E-state index is 0.708. The molecule has 0 aromatic rings. The van der Waals surface area contributed by atoms with Crippen LogP contribution in [0.5, 0.6) is 0 Å². The summed E-state index contributed by atoms with van der Waals surface area (Å²) in [5, 5.41) is 9.81. The van der Waals surface area contributed by atoms with Crippen LogP contribution in [0, 0.1) is 0 Å². The van der Waals surface area contributed by atoms with Gasteiger partial charge in [0.1, 0.15) is 0 Å². The smallest absolute Gasteiger partial charge is 0.375 e. The van der Waals surface area contributed by atoms with Gasteiger partial charge in [-0.15, -0.1) is 0 Å². The first-order valence-electron chi connectivity index (χ1n) is 0.930. The van der Waals surface area contributed by atoms with Crippen molar-refractivity contribution in [2.45, 2.75) is 0 Å². The standard InChI is InChI=1S/CH2BNO2/c2-5-1-3-4/h1,4H. The van der Waals surface area contributed by atoms with Crippen molar-refractivity contribution in [3.63, 3.8) is 0 Å². The Morgan fingerprint density at radius 3 is 2.60 bits per heavy atom. The molecule has 0 aromatic carbocycles. The molecule has 0 aliphatic carbocycles. The van der Waals surface area contributed by atoms with Crippen LogP contribution in [0.15, 0.2) is 5.16 Å². The van der Waals surface area contributed by atoms with Crippen LogP contribution in [0.2, 0.25) is 0 Å². The number of hydrogen-bond acceptors (Lipinski definition) is 3. The zero-order valence-electron chi connectivity index (χ0n) is 2.46. The third kappa shape index (κ3) is 3.33. The monoisotopic (exact) mass is 71.0 g/mol. The van der Waals surface area contributed by atoms with Gasteiger partial charge in [0.2, 0.25) is 0 Å². The van der Waals surface area contributed by atoms with Gasteiger partial charge in [-0.05, 0) is 0 Å². The Bertz CT molecular complexity index is 36.6. The summed E-state index contributed by atoms with van der Waals surface area (Å²) in [5.74, 6) is 0. The molecule has 0 saturated heterocycles. The average molecular weight is 70.8 g/mol. The van der Waals surface area contributed by atoms with Crippen molar-refractivity contribution in [2.75, 3.05) is 0 Å². The number of oxime groups is 1. The first-order valence-corrected chi connectivity index (χ1v) is 0.930. The van der Waals surface area contributed by atoms with Gasteiger partial charge in [-0.3, -0.25) is 0 Å². The Morgan fingerprint density at radius 1 is 2.00 bits per heavy atom. The zero-order chi connectivity index (χ0) is 4.12. The van der Waals surface area contributed by atoms with Gasteiger partial charge in [-0.1, -0.05) is 5.16 Å². The molecule has 2 radical (unpaired) electrons. The maximum atomic E-state index is 7.43. The van der Waals surface area contributed by atoms with Gasteiger partial charge in [-0.25, -0.2) is 0 Å². The number of rotatable bonds is 1. The Hall–Kier alpha value is -0.665. The summed E-state index contributed by atoms with van der Waals surface area (Å²) in [5.41, 5.74) is 0. The van der Waals surface area contributed by atoms with E-state index in [0.717, 1.165) is 0 Å². The predicted molar refractivity (Wildman–Crippen MR) is 17.1 cm³/mol. The summed E-state index contributed by atoms with van der Waals surface area (Å²) in [6, 6.07) is 0. The van der Waals surface area contributed by atoms with E-state index in [0.29, 0.717) is 6.40 Å². The predicted octanol–water partition coefficient (Wildman–Crippen LogP) is -0.496. The summed E-state index contributed by atoms with van der Waals surface area (Å²) < 4.78 is 3.65. The lowest BCUT2D eigenvalue weighted by molar-refractivity contribution is 0.311. The van der Waals surface area contributed by atoms with E-state index in [9.17, 15) is 0 Å². The molecule has 0 fully saturated rings. The van der Waals surface area contributed by atoms with E-state index in [1.165, 1.54) is 0 Å². The Kier molecular flexibility index (Phi) is 2.89. The summed E-state index contributed by atoms with van der Waals surface area (Å²) in [6.45, 7) is 0.